The van der Waals surface area contributed by atoms with Crippen LogP contribution in [0.4, 0.5) is 4.79 Å². The summed E-state index contributed by atoms with van der Waals surface area (Å²) < 4.78 is 4.06. The molecule has 1 fully saturated rings. The average Bonchev–Trinajstić information content (AvgIpc) is 2.86. The first-order valence-corrected chi connectivity index (χ1v) is 6.85. The predicted molar refractivity (Wildman–Crippen MR) is 80.2 cm³/mol. The molecule has 0 aromatic carbocycles. The first-order valence-electron chi connectivity index (χ1n) is 6.85. The Bertz CT molecular complexity index is 509. The number of nitrogens with two attached hydrogens (primary N) is 1. The molecule has 0 aliphatic carbocycles. The van der Waals surface area contributed by atoms with Gasteiger partial charge in [-0.05, 0) is 11.8 Å². The van der Waals surface area contributed by atoms with E-state index in [0.29, 0.717) is 6.42 Å². The number of carbonyl (C=O) groups is 3. The van der Waals surface area contributed by atoms with Gasteiger partial charge in [0.15, 0.2) is 0 Å². The lowest BCUT2D eigenvalue weighted by Crippen LogP contribution is -2.57. The molecular formula is C14H20BN3O4. The Morgan fingerprint density at radius 3 is 2.45 bits per heavy atom. The lowest BCUT2D eigenvalue weighted by molar-refractivity contribution is -0.141. The van der Waals surface area contributed by atoms with Gasteiger partial charge in [-0.25, -0.2) is 4.79 Å². The van der Waals surface area contributed by atoms with Gasteiger partial charge in [-0.2, -0.15) is 0 Å². The third-order valence-corrected chi connectivity index (χ3v) is 3.63. The van der Waals surface area contributed by atoms with Crippen LogP contribution >= 0.6 is 0 Å². The van der Waals surface area contributed by atoms with E-state index in [9.17, 15) is 14.4 Å². The average molecular weight is 305 g/mol. The maximum atomic E-state index is 12.8. The van der Waals surface area contributed by atoms with E-state index in [1.807, 2.05) is 0 Å². The minimum atomic E-state index is -0.934. The van der Waals surface area contributed by atoms with Crippen molar-refractivity contribution < 1.29 is 19.0 Å². The first kappa shape index (κ1) is 17.9. The van der Waals surface area contributed by atoms with Crippen LogP contribution in [0.3, 0.4) is 0 Å². The van der Waals surface area contributed by atoms with Gasteiger partial charge in [-0.1, -0.05) is 20.8 Å². The number of hydrogen-bond acceptors (Lipinski definition) is 4. The lowest BCUT2D eigenvalue weighted by atomic mass is 9.85. The number of primary amides is 1. The molecule has 0 aromatic rings. The molecule has 1 unspecified atom stereocenters. The molecule has 0 aromatic heterocycles. The van der Waals surface area contributed by atoms with Crippen LogP contribution in [0.5, 0.6) is 0 Å². The fourth-order valence-corrected chi connectivity index (χ4v) is 2.44. The molecule has 2 radical (unpaired) electrons. The second-order valence-electron chi connectivity index (χ2n) is 6.36. The maximum Gasteiger partial charge on any atom is 0.389 e. The molecule has 0 spiro atoms. The van der Waals surface area contributed by atoms with Gasteiger partial charge in [0.05, 0.1) is 0 Å². The number of amides is 3. The number of rotatable bonds is 3. The van der Waals surface area contributed by atoms with E-state index in [0.717, 1.165) is 0 Å². The van der Waals surface area contributed by atoms with Gasteiger partial charge in [-0.15, -0.1) is 12.3 Å². The molecule has 118 valence electrons. The molecular weight excluding hydrogens is 285 g/mol. The Morgan fingerprint density at radius 1 is 1.45 bits per heavy atom. The number of hydrogen-bond donors (Lipinski definition) is 2. The normalized spacial score (nSPS) is 22.5. The first-order chi connectivity index (χ1) is 10.1. The molecule has 1 heterocycles. The number of terminal acetylenes is 1. The molecule has 1 aliphatic rings. The van der Waals surface area contributed by atoms with Crippen molar-refractivity contribution in [2.24, 2.45) is 17.1 Å². The Hall–Kier alpha value is -2.17. The van der Waals surface area contributed by atoms with Gasteiger partial charge < -0.3 is 20.6 Å². The van der Waals surface area contributed by atoms with Crippen LogP contribution < -0.4 is 11.1 Å². The van der Waals surface area contributed by atoms with Crippen LogP contribution in [0.15, 0.2) is 0 Å². The zero-order chi connectivity index (χ0) is 17.1. The second kappa shape index (κ2) is 6.73. The summed E-state index contributed by atoms with van der Waals surface area (Å²) in [5.41, 5.74) is 4.72. The highest BCUT2D eigenvalue weighted by Gasteiger charge is 2.43. The summed E-state index contributed by atoms with van der Waals surface area (Å²) in [6.07, 6.45) is 4.76. The molecule has 3 atom stereocenters. The molecule has 3 N–H and O–H groups in total. The molecule has 0 saturated carbocycles. The van der Waals surface area contributed by atoms with E-state index >= 15 is 0 Å². The minimum absolute atomic E-state index is 0.217. The van der Waals surface area contributed by atoms with Gasteiger partial charge >= 0.3 is 14.1 Å². The van der Waals surface area contributed by atoms with Crippen LogP contribution in [0.25, 0.3) is 0 Å². The lowest BCUT2D eigenvalue weighted by Gasteiger charge is -2.34. The van der Waals surface area contributed by atoms with E-state index in [4.69, 9.17) is 20.2 Å². The van der Waals surface area contributed by atoms with Crippen LogP contribution in [-0.4, -0.2) is 49.5 Å². The molecule has 1 rings (SSSR count). The third kappa shape index (κ3) is 3.94. The molecule has 22 heavy (non-hydrogen) atoms. The summed E-state index contributed by atoms with van der Waals surface area (Å²) in [4.78, 5) is 37.0. The third-order valence-electron chi connectivity index (χ3n) is 3.63. The van der Waals surface area contributed by atoms with Crippen molar-refractivity contribution in [3.8, 4) is 12.3 Å². The van der Waals surface area contributed by atoms with Crippen molar-refractivity contribution >= 4 is 26.0 Å². The van der Waals surface area contributed by atoms with Crippen molar-refractivity contribution in [3.05, 3.63) is 0 Å². The van der Waals surface area contributed by atoms with Gasteiger partial charge in [0, 0.05) is 12.5 Å². The SMILES string of the molecule is [B]OC(=O)N[C@H](C(=O)N1CC(C#C)C[C@H]1C(N)=O)C(C)(C)C. The van der Waals surface area contributed by atoms with Gasteiger partial charge in [0.1, 0.15) is 12.1 Å². The Morgan fingerprint density at radius 2 is 2.05 bits per heavy atom. The Kier molecular flexibility index (Phi) is 5.47. The highest BCUT2D eigenvalue weighted by Crippen LogP contribution is 2.28. The van der Waals surface area contributed by atoms with Crippen molar-refractivity contribution in [1.82, 2.24) is 10.2 Å². The largest absolute Gasteiger partial charge is 0.528 e. The molecule has 3 amide bonds. The van der Waals surface area contributed by atoms with E-state index in [1.165, 1.54) is 4.90 Å². The van der Waals surface area contributed by atoms with Crippen molar-refractivity contribution in [2.45, 2.75) is 39.3 Å². The fraction of sp³-hybridized carbons (Fsp3) is 0.643. The standard InChI is InChI=1S/C14H20BN3O4/c1-5-8-6-9(11(16)19)18(7-8)12(20)10(14(2,3)4)17-13(21)22-15/h1,8-10H,6-7H2,2-4H3,(H2,16,19)(H,17,21)/t8?,9-,10+/m0/s1. The smallest absolute Gasteiger partial charge is 0.389 e. The summed E-state index contributed by atoms with van der Waals surface area (Å²) in [5, 5.41) is 2.39. The molecule has 8 heteroatoms. The molecule has 1 aliphatic heterocycles. The highest BCUT2D eigenvalue weighted by molar-refractivity contribution is 6.05. The summed E-state index contributed by atoms with van der Waals surface area (Å²) in [6.45, 7) is 5.51. The second-order valence-corrected chi connectivity index (χ2v) is 6.36. The summed E-state index contributed by atoms with van der Waals surface area (Å²) in [7, 11) is 4.80. The summed E-state index contributed by atoms with van der Waals surface area (Å²) in [6, 6.07) is -1.71. The quantitative estimate of drug-likeness (QED) is 0.544. The van der Waals surface area contributed by atoms with Crippen molar-refractivity contribution in [3.63, 3.8) is 0 Å². The zero-order valence-corrected chi connectivity index (χ0v) is 13.0. The van der Waals surface area contributed by atoms with Crippen LogP contribution in [0.1, 0.15) is 27.2 Å². The number of likely N-dealkylation sites (tertiary alicyclic amines) is 1. The Labute approximate surface area is 131 Å². The minimum Gasteiger partial charge on any atom is -0.528 e. The zero-order valence-electron chi connectivity index (χ0n) is 13.0. The van der Waals surface area contributed by atoms with Crippen molar-refractivity contribution in [2.75, 3.05) is 6.54 Å². The number of nitrogens with zero attached hydrogens (tertiary/aromatic N) is 1. The number of nitrogens with one attached hydrogen (secondary N) is 1. The molecule has 0 bridgehead atoms. The van der Waals surface area contributed by atoms with Gasteiger partial charge in [-0.3, -0.25) is 9.59 Å². The molecule has 1 saturated heterocycles. The summed E-state index contributed by atoms with van der Waals surface area (Å²) >= 11 is 0. The van der Waals surface area contributed by atoms with Crippen LogP contribution in [0.2, 0.25) is 0 Å². The van der Waals surface area contributed by atoms with Crippen LogP contribution in [0, 0.1) is 23.7 Å². The Balaban J connectivity index is 3.04. The van der Waals surface area contributed by atoms with Crippen LogP contribution in [-0.2, 0) is 14.2 Å². The van der Waals surface area contributed by atoms with E-state index < -0.39 is 35.4 Å². The monoisotopic (exact) mass is 305 g/mol. The number of carbonyl (C=O) groups excluding carboxylic acids is 3. The maximum absolute atomic E-state index is 12.8. The topological polar surface area (TPSA) is 102 Å². The fourth-order valence-electron chi connectivity index (χ4n) is 2.44. The van der Waals surface area contributed by atoms with Crippen molar-refractivity contribution in [1.29, 1.82) is 0 Å². The molecule has 7 nitrogen and oxygen atoms in total. The van der Waals surface area contributed by atoms with E-state index in [2.05, 4.69) is 15.9 Å². The van der Waals surface area contributed by atoms with E-state index in [-0.39, 0.29) is 12.5 Å². The summed E-state index contributed by atoms with van der Waals surface area (Å²) in [5.74, 6) is 1.21. The van der Waals surface area contributed by atoms with E-state index in [1.54, 1.807) is 20.8 Å². The highest BCUT2D eigenvalue weighted by atomic mass is 16.5. The van der Waals surface area contributed by atoms with Gasteiger partial charge in [0.2, 0.25) is 11.8 Å². The van der Waals surface area contributed by atoms with Gasteiger partial charge in [0.25, 0.3) is 0 Å². The predicted octanol–water partition coefficient (Wildman–Crippen LogP) is -0.454.